The first-order chi connectivity index (χ1) is 4.16. The average Bonchev–Trinajstić information content (AvgIpc) is 1.83. The molecule has 1 unspecified atom stereocenters. The maximum Gasteiger partial charge on any atom is 0.216 e. The second-order valence-corrected chi connectivity index (χ2v) is 1.83. The lowest BCUT2D eigenvalue weighted by Gasteiger charge is -2.09. The van der Waals surface area contributed by atoms with E-state index in [2.05, 4.69) is 10.6 Å². The van der Waals surface area contributed by atoms with Gasteiger partial charge in [0.25, 0.3) is 0 Å². The van der Waals surface area contributed by atoms with Gasteiger partial charge in [-0.15, -0.1) is 0 Å². The fourth-order valence-corrected chi connectivity index (χ4v) is 0.356. The summed E-state index contributed by atoms with van der Waals surface area (Å²) in [6.07, 6.45) is -0.145. The van der Waals surface area contributed by atoms with Crippen LogP contribution in [-0.2, 0) is 4.79 Å². The quantitative estimate of drug-likeness (QED) is 0.414. The molecule has 0 saturated carbocycles. The Morgan fingerprint density at radius 1 is 1.78 bits per heavy atom. The van der Waals surface area contributed by atoms with E-state index in [0.717, 1.165) is 0 Å². The van der Waals surface area contributed by atoms with Gasteiger partial charge in [-0.25, -0.2) is 0 Å². The zero-order valence-corrected chi connectivity index (χ0v) is 5.77. The predicted molar refractivity (Wildman–Crippen MR) is 35.7 cm³/mol. The van der Waals surface area contributed by atoms with Gasteiger partial charge in [0.1, 0.15) is 0 Å². The van der Waals surface area contributed by atoms with Gasteiger partial charge in [-0.3, -0.25) is 4.79 Å². The highest BCUT2D eigenvalue weighted by Gasteiger charge is 1.96. The third kappa shape index (κ3) is 5.26. The van der Waals surface area contributed by atoms with Crippen LogP contribution in [0.15, 0.2) is 0 Å². The normalized spacial score (nSPS) is 12.8. The van der Waals surface area contributed by atoms with Crippen LogP contribution in [0.5, 0.6) is 0 Å². The number of rotatable bonds is 3. The molecule has 0 aromatic carbocycles. The summed E-state index contributed by atoms with van der Waals surface area (Å²) < 4.78 is 0. The smallest absolute Gasteiger partial charge is 0.216 e. The van der Waals surface area contributed by atoms with Crippen molar-refractivity contribution >= 4 is 5.91 Å². The van der Waals surface area contributed by atoms with E-state index in [1.54, 1.807) is 7.05 Å². The van der Waals surface area contributed by atoms with Crippen molar-refractivity contribution in [3.05, 3.63) is 0 Å². The number of likely N-dealkylation sites (N-methyl/N-ethyl adjacent to an activating group) is 1. The number of hydrogen-bond acceptors (Lipinski definition) is 3. The minimum Gasteiger partial charge on any atom is -0.353 e. The zero-order valence-electron chi connectivity index (χ0n) is 5.77. The van der Waals surface area contributed by atoms with Crippen LogP contribution < -0.4 is 16.4 Å². The molecular formula is C5H13N3O. The second-order valence-electron chi connectivity index (χ2n) is 1.83. The molecule has 0 spiro atoms. The topological polar surface area (TPSA) is 67.2 Å². The summed E-state index contributed by atoms with van der Waals surface area (Å²) in [6.45, 7) is 1.94. The van der Waals surface area contributed by atoms with E-state index in [4.69, 9.17) is 5.73 Å². The number of amides is 1. The molecule has 0 aliphatic carbocycles. The molecule has 0 heterocycles. The Morgan fingerprint density at radius 3 is 2.67 bits per heavy atom. The van der Waals surface area contributed by atoms with Crippen LogP contribution in [-0.4, -0.2) is 25.7 Å². The molecule has 0 aromatic rings. The van der Waals surface area contributed by atoms with Crippen LogP contribution in [0.3, 0.4) is 0 Å². The molecule has 9 heavy (non-hydrogen) atoms. The molecule has 1 amide bonds. The number of carbonyl (C=O) groups is 1. The summed E-state index contributed by atoms with van der Waals surface area (Å²) >= 11 is 0. The summed E-state index contributed by atoms with van der Waals surface area (Å²) in [5.41, 5.74) is 5.40. The molecule has 1 atom stereocenters. The maximum absolute atomic E-state index is 10.3. The predicted octanol–water partition coefficient (Wildman–Crippen LogP) is -1.37. The van der Waals surface area contributed by atoms with Gasteiger partial charge in [0.15, 0.2) is 0 Å². The summed E-state index contributed by atoms with van der Waals surface area (Å²) in [5, 5.41) is 5.35. The molecule has 0 saturated heterocycles. The molecule has 0 fully saturated rings. The Labute approximate surface area is 54.8 Å². The molecule has 0 aliphatic heterocycles. The Balaban J connectivity index is 3.16. The average molecular weight is 131 g/mol. The molecule has 0 bridgehead atoms. The Hall–Kier alpha value is -0.610. The van der Waals surface area contributed by atoms with Gasteiger partial charge in [0, 0.05) is 13.5 Å². The van der Waals surface area contributed by atoms with Gasteiger partial charge in [-0.05, 0) is 7.05 Å². The Kier molecular flexibility index (Phi) is 4.00. The molecule has 0 rings (SSSR count). The van der Waals surface area contributed by atoms with Crippen LogP contribution in [0.25, 0.3) is 0 Å². The lowest BCUT2D eigenvalue weighted by atomic mass is 10.5. The second kappa shape index (κ2) is 4.29. The van der Waals surface area contributed by atoms with Crippen molar-refractivity contribution in [1.82, 2.24) is 10.6 Å². The van der Waals surface area contributed by atoms with Crippen LogP contribution in [0.2, 0.25) is 0 Å². The minimum atomic E-state index is -0.145. The van der Waals surface area contributed by atoms with Gasteiger partial charge in [0.05, 0.1) is 6.17 Å². The molecule has 54 valence electrons. The summed E-state index contributed by atoms with van der Waals surface area (Å²) in [4.78, 5) is 10.3. The molecule has 0 aromatic heterocycles. The van der Waals surface area contributed by atoms with Crippen molar-refractivity contribution in [2.45, 2.75) is 13.1 Å². The monoisotopic (exact) mass is 131 g/mol. The number of carbonyl (C=O) groups excluding carboxylic acids is 1. The third-order valence-corrected chi connectivity index (χ3v) is 0.942. The fraction of sp³-hybridized carbons (Fsp3) is 0.800. The summed E-state index contributed by atoms with van der Waals surface area (Å²) in [6, 6.07) is 0. The van der Waals surface area contributed by atoms with Crippen LogP contribution >= 0.6 is 0 Å². The number of nitrogens with one attached hydrogen (secondary N) is 2. The fourth-order valence-electron chi connectivity index (χ4n) is 0.356. The van der Waals surface area contributed by atoms with E-state index < -0.39 is 0 Å². The van der Waals surface area contributed by atoms with Gasteiger partial charge < -0.3 is 16.4 Å². The van der Waals surface area contributed by atoms with E-state index in [1.165, 1.54) is 6.92 Å². The van der Waals surface area contributed by atoms with E-state index in [-0.39, 0.29) is 12.1 Å². The van der Waals surface area contributed by atoms with Crippen LogP contribution in [0.1, 0.15) is 6.92 Å². The first-order valence-electron chi connectivity index (χ1n) is 2.84. The van der Waals surface area contributed by atoms with E-state index >= 15 is 0 Å². The highest BCUT2D eigenvalue weighted by Crippen LogP contribution is 1.65. The molecule has 4 N–H and O–H groups in total. The highest BCUT2D eigenvalue weighted by molar-refractivity contribution is 5.72. The van der Waals surface area contributed by atoms with Crippen LogP contribution in [0.4, 0.5) is 0 Å². The molecule has 4 nitrogen and oxygen atoms in total. The van der Waals surface area contributed by atoms with Gasteiger partial charge in [-0.1, -0.05) is 0 Å². The highest BCUT2D eigenvalue weighted by atomic mass is 16.1. The molecular weight excluding hydrogens is 118 g/mol. The first-order valence-corrected chi connectivity index (χ1v) is 2.84. The van der Waals surface area contributed by atoms with Crippen molar-refractivity contribution in [2.24, 2.45) is 5.73 Å². The van der Waals surface area contributed by atoms with Crippen molar-refractivity contribution in [2.75, 3.05) is 13.6 Å². The lowest BCUT2D eigenvalue weighted by molar-refractivity contribution is -0.119. The number of hydrogen-bond donors (Lipinski definition) is 3. The van der Waals surface area contributed by atoms with E-state index in [9.17, 15) is 4.79 Å². The van der Waals surface area contributed by atoms with Crippen LogP contribution in [0, 0.1) is 0 Å². The Morgan fingerprint density at radius 2 is 2.33 bits per heavy atom. The first kappa shape index (κ1) is 8.39. The van der Waals surface area contributed by atoms with Crippen molar-refractivity contribution in [3.63, 3.8) is 0 Å². The minimum absolute atomic E-state index is 0.0549. The lowest BCUT2D eigenvalue weighted by Crippen LogP contribution is -2.44. The van der Waals surface area contributed by atoms with Crippen molar-refractivity contribution < 1.29 is 4.79 Å². The SMILES string of the molecule is CNC(N)CNC(C)=O. The summed E-state index contributed by atoms with van der Waals surface area (Å²) in [7, 11) is 1.74. The molecule has 0 aliphatic rings. The van der Waals surface area contributed by atoms with E-state index in [1.807, 2.05) is 0 Å². The van der Waals surface area contributed by atoms with Crippen molar-refractivity contribution in [3.8, 4) is 0 Å². The Bertz CT molecular complexity index is 94.2. The molecule has 4 heteroatoms. The standard InChI is InChI=1S/C5H13N3O/c1-4(9)8-3-5(6)7-2/h5,7H,3,6H2,1-2H3,(H,8,9). The zero-order chi connectivity index (χ0) is 7.28. The molecule has 0 radical (unpaired) electrons. The van der Waals surface area contributed by atoms with Crippen molar-refractivity contribution in [1.29, 1.82) is 0 Å². The van der Waals surface area contributed by atoms with Gasteiger partial charge >= 0.3 is 0 Å². The maximum atomic E-state index is 10.3. The largest absolute Gasteiger partial charge is 0.353 e. The third-order valence-electron chi connectivity index (χ3n) is 0.942. The summed E-state index contributed by atoms with van der Waals surface area (Å²) in [5.74, 6) is -0.0549. The van der Waals surface area contributed by atoms with Gasteiger partial charge in [0.2, 0.25) is 5.91 Å². The van der Waals surface area contributed by atoms with Gasteiger partial charge in [-0.2, -0.15) is 0 Å². The number of nitrogens with two attached hydrogens (primary N) is 1. The van der Waals surface area contributed by atoms with E-state index in [0.29, 0.717) is 6.54 Å².